The molecule has 9 heteroatoms. The molecular weight excluding hydrogens is 284 g/mol. The predicted molar refractivity (Wildman–Crippen MR) is 71.6 cm³/mol. The van der Waals surface area contributed by atoms with Crippen molar-refractivity contribution in [2.75, 3.05) is 12.9 Å². The summed E-state index contributed by atoms with van der Waals surface area (Å²) in [6.07, 6.45) is 0. The number of carbonyl (C=O) groups is 2. The molecular formula is C11H12N4O4S. The molecule has 0 saturated heterocycles. The maximum absolute atomic E-state index is 11.1. The van der Waals surface area contributed by atoms with E-state index in [-0.39, 0.29) is 12.3 Å². The maximum atomic E-state index is 11.1. The lowest BCUT2D eigenvalue weighted by Gasteiger charge is -2.05. The Morgan fingerprint density at radius 3 is 2.80 bits per heavy atom. The number of primary amides is 1. The van der Waals surface area contributed by atoms with Gasteiger partial charge in [0, 0.05) is 6.07 Å². The molecule has 0 saturated carbocycles. The SMILES string of the molecule is COc1ccc2nc(SCC(=O)O)n(CC(N)=O)c2n1. The first-order valence-electron chi connectivity index (χ1n) is 5.55. The van der Waals surface area contributed by atoms with E-state index in [2.05, 4.69) is 9.97 Å². The number of pyridine rings is 1. The van der Waals surface area contributed by atoms with E-state index in [0.717, 1.165) is 11.8 Å². The quantitative estimate of drug-likeness (QED) is 0.725. The highest BCUT2D eigenvalue weighted by molar-refractivity contribution is 7.99. The maximum Gasteiger partial charge on any atom is 0.313 e. The van der Waals surface area contributed by atoms with E-state index in [4.69, 9.17) is 15.6 Å². The standard InChI is InChI=1S/C11H12N4O4S/c1-19-8-3-2-6-10(14-8)15(4-7(12)16)11(13-6)20-5-9(17)18/h2-3H,4-5H2,1H3,(H2,12,16)(H,17,18). The van der Waals surface area contributed by atoms with Crippen LogP contribution in [0.5, 0.6) is 5.88 Å². The van der Waals surface area contributed by atoms with Crippen molar-refractivity contribution in [1.82, 2.24) is 14.5 Å². The van der Waals surface area contributed by atoms with Gasteiger partial charge in [0.1, 0.15) is 12.1 Å². The molecule has 0 aromatic carbocycles. The molecule has 0 unspecified atom stereocenters. The minimum Gasteiger partial charge on any atom is -0.481 e. The highest BCUT2D eigenvalue weighted by Crippen LogP contribution is 2.24. The van der Waals surface area contributed by atoms with E-state index >= 15 is 0 Å². The number of aromatic nitrogens is 3. The summed E-state index contributed by atoms with van der Waals surface area (Å²) in [5, 5.41) is 9.10. The van der Waals surface area contributed by atoms with Crippen molar-refractivity contribution in [3.63, 3.8) is 0 Å². The second kappa shape index (κ2) is 5.78. The molecule has 0 aliphatic rings. The van der Waals surface area contributed by atoms with Crippen LogP contribution in [0, 0.1) is 0 Å². The molecule has 1 amide bonds. The molecule has 2 aromatic rings. The minimum absolute atomic E-state index is 0.126. The van der Waals surface area contributed by atoms with Gasteiger partial charge in [0.2, 0.25) is 11.8 Å². The zero-order chi connectivity index (χ0) is 14.7. The van der Waals surface area contributed by atoms with Crippen molar-refractivity contribution in [2.24, 2.45) is 5.73 Å². The molecule has 2 aromatic heterocycles. The molecule has 3 N–H and O–H groups in total. The Labute approximate surface area is 117 Å². The van der Waals surface area contributed by atoms with Crippen molar-refractivity contribution in [3.8, 4) is 5.88 Å². The summed E-state index contributed by atoms with van der Waals surface area (Å²) in [6.45, 7) is -0.126. The van der Waals surface area contributed by atoms with Crippen molar-refractivity contribution in [1.29, 1.82) is 0 Å². The molecule has 0 aliphatic carbocycles. The number of rotatable bonds is 6. The van der Waals surface area contributed by atoms with Crippen LogP contribution in [0.2, 0.25) is 0 Å². The van der Waals surface area contributed by atoms with Crippen LogP contribution in [-0.4, -0.2) is 44.4 Å². The number of imidazole rings is 1. The fourth-order valence-corrected chi connectivity index (χ4v) is 2.33. The van der Waals surface area contributed by atoms with Gasteiger partial charge < -0.3 is 15.6 Å². The van der Waals surface area contributed by atoms with E-state index in [1.54, 1.807) is 12.1 Å². The molecule has 106 valence electrons. The Kier molecular flexibility index (Phi) is 4.08. The molecule has 2 heterocycles. The molecule has 0 radical (unpaired) electrons. The van der Waals surface area contributed by atoms with Gasteiger partial charge in [-0.3, -0.25) is 14.2 Å². The zero-order valence-electron chi connectivity index (χ0n) is 10.6. The fourth-order valence-electron chi connectivity index (χ4n) is 1.61. The minimum atomic E-state index is -0.974. The molecule has 2 rings (SSSR count). The summed E-state index contributed by atoms with van der Waals surface area (Å²) >= 11 is 1.00. The van der Waals surface area contributed by atoms with E-state index in [1.165, 1.54) is 11.7 Å². The number of hydrogen-bond acceptors (Lipinski definition) is 6. The fraction of sp³-hybridized carbons (Fsp3) is 0.273. The number of carboxylic acids is 1. The molecule has 20 heavy (non-hydrogen) atoms. The van der Waals surface area contributed by atoms with Crippen LogP contribution in [0.1, 0.15) is 0 Å². The molecule has 0 bridgehead atoms. The third-order valence-corrected chi connectivity index (χ3v) is 3.34. The van der Waals surface area contributed by atoms with Crippen molar-refractivity contribution in [2.45, 2.75) is 11.7 Å². The van der Waals surface area contributed by atoms with Crippen LogP contribution in [0.15, 0.2) is 17.3 Å². The molecule has 0 spiro atoms. The normalized spacial score (nSPS) is 10.7. The Bertz CT molecular complexity index is 670. The lowest BCUT2D eigenvalue weighted by atomic mass is 10.4. The number of amides is 1. The second-order valence-electron chi connectivity index (χ2n) is 3.83. The summed E-state index contributed by atoms with van der Waals surface area (Å²) in [5.41, 5.74) is 6.17. The van der Waals surface area contributed by atoms with E-state index < -0.39 is 11.9 Å². The lowest BCUT2D eigenvalue weighted by Crippen LogP contribution is -2.19. The Morgan fingerprint density at radius 2 is 2.20 bits per heavy atom. The highest BCUT2D eigenvalue weighted by atomic mass is 32.2. The van der Waals surface area contributed by atoms with Gasteiger partial charge in [0.05, 0.1) is 12.9 Å². The van der Waals surface area contributed by atoms with Gasteiger partial charge in [-0.25, -0.2) is 4.98 Å². The first kappa shape index (κ1) is 14.1. The summed E-state index contributed by atoms with van der Waals surface area (Å²) in [7, 11) is 1.48. The van der Waals surface area contributed by atoms with Crippen LogP contribution in [0.3, 0.4) is 0 Å². The summed E-state index contributed by atoms with van der Waals surface area (Å²) in [4.78, 5) is 30.2. The number of nitrogens with two attached hydrogens (primary N) is 1. The van der Waals surface area contributed by atoms with Crippen LogP contribution < -0.4 is 10.5 Å². The number of aliphatic carboxylic acids is 1. The third kappa shape index (κ3) is 2.99. The average Bonchev–Trinajstić information content (AvgIpc) is 2.73. The van der Waals surface area contributed by atoms with Crippen LogP contribution in [0.25, 0.3) is 11.2 Å². The first-order valence-corrected chi connectivity index (χ1v) is 6.54. The number of carbonyl (C=O) groups excluding carboxylic acids is 1. The van der Waals surface area contributed by atoms with Gasteiger partial charge >= 0.3 is 5.97 Å². The molecule has 0 atom stereocenters. The second-order valence-corrected chi connectivity index (χ2v) is 4.77. The number of carboxylic acid groups (broad SMARTS) is 1. The summed E-state index contributed by atoms with van der Waals surface area (Å²) < 4.78 is 6.50. The lowest BCUT2D eigenvalue weighted by molar-refractivity contribution is -0.133. The monoisotopic (exact) mass is 296 g/mol. The average molecular weight is 296 g/mol. The Balaban J connectivity index is 2.48. The van der Waals surface area contributed by atoms with E-state index in [9.17, 15) is 9.59 Å². The number of nitrogens with zero attached hydrogens (tertiary/aromatic N) is 3. The first-order chi connectivity index (χ1) is 9.51. The van der Waals surface area contributed by atoms with Gasteiger partial charge in [-0.1, -0.05) is 11.8 Å². The molecule has 8 nitrogen and oxygen atoms in total. The van der Waals surface area contributed by atoms with Gasteiger partial charge in [-0.15, -0.1) is 0 Å². The van der Waals surface area contributed by atoms with Gasteiger partial charge in [0.15, 0.2) is 10.8 Å². The summed E-state index contributed by atoms with van der Waals surface area (Å²) in [6, 6.07) is 3.32. The van der Waals surface area contributed by atoms with Gasteiger partial charge in [-0.05, 0) is 6.07 Å². The highest BCUT2D eigenvalue weighted by Gasteiger charge is 2.16. The van der Waals surface area contributed by atoms with Crippen molar-refractivity contribution in [3.05, 3.63) is 12.1 Å². The smallest absolute Gasteiger partial charge is 0.313 e. The number of thioether (sulfide) groups is 1. The number of fused-ring (bicyclic) bond motifs is 1. The Morgan fingerprint density at radius 1 is 1.45 bits per heavy atom. The molecule has 0 aliphatic heterocycles. The number of ether oxygens (including phenoxy) is 1. The van der Waals surface area contributed by atoms with Crippen LogP contribution in [-0.2, 0) is 16.1 Å². The predicted octanol–water partition coefficient (Wildman–Crippen LogP) is 0.102. The third-order valence-electron chi connectivity index (χ3n) is 2.38. The zero-order valence-corrected chi connectivity index (χ0v) is 11.4. The largest absolute Gasteiger partial charge is 0.481 e. The van der Waals surface area contributed by atoms with Crippen LogP contribution in [0.4, 0.5) is 0 Å². The summed E-state index contributed by atoms with van der Waals surface area (Å²) in [5.74, 6) is -1.33. The Hall–Kier alpha value is -2.29. The van der Waals surface area contributed by atoms with E-state index in [0.29, 0.717) is 22.2 Å². The number of methoxy groups -OCH3 is 1. The van der Waals surface area contributed by atoms with Gasteiger partial charge in [0.25, 0.3) is 0 Å². The number of hydrogen-bond donors (Lipinski definition) is 2. The molecule has 0 fully saturated rings. The van der Waals surface area contributed by atoms with E-state index in [1.807, 2.05) is 0 Å². The van der Waals surface area contributed by atoms with Gasteiger partial charge in [-0.2, -0.15) is 4.98 Å². The van der Waals surface area contributed by atoms with Crippen molar-refractivity contribution >= 4 is 34.8 Å². The topological polar surface area (TPSA) is 120 Å². The van der Waals surface area contributed by atoms with Crippen molar-refractivity contribution < 1.29 is 19.4 Å². The van der Waals surface area contributed by atoms with Crippen LogP contribution >= 0.6 is 11.8 Å².